The molecule has 0 saturated carbocycles. The summed E-state index contributed by atoms with van der Waals surface area (Å²) in [6, 6.07) is 19.2. The molecule has 2 aromatic rings. The predicted octanol–water partition coefficient (Wildman–Crippen LogP) is 2.36. The summed E-state index contributed by atoms with van der Waals surface area (Å²) in [4.78, 5) is 0. The minimum absolute atomic E-state index is 0.384. The average molecular weight is 268 g/mol. The van der Waals surface area contributed by atoms with E-state index in [9.17, 15) is 5.11 Å². The summed E-state index contributed by atoms with van der Waals surface area (Å²) in [6.45, 7) is 0.725. The summed E-state index contributed by atoms with van der Waals surface area (Å²) in [5, 5.41) is 12.6. The molecular weight excluding hydrogens is 246 g/mol. The monoisotopic (exact) mass is 268 g/mol. The van der Waals surface area contributed by atoms with Crippen molar-refractivity contribution in [3.63, 3.8) is 0 Å². The first-order valence-corrected chi connectivity index (χ1v) is 7.49. The van der Waals surface area contributed by atoms with Gasteiger partial charge in [-0.2, -0.15) is 0 Å². The number of hydrogen-bond acceptors (Lipinski definition) is 1. The number of benzene rings is 2. The van der Waals surface area contributed by atoms with Gasteiger partial charge in [-0.25, -0.2) is 0 Å². The first kappa shape index (κ1) is 13.3. The molecule has 0 fully saturated rings. The van der Waals surface area contributed by atoms with E-state index in [4.69, 9.17) is 0 Å². The molecule has 20 heavy (non-hydrogen) atoms. The molecule has 0 bridgehead atoms. The summed E-state index contributed by atoms with van der Waals surface area (Å²) in [5.74, 6) is 0. The molecule has 2 nitrogen and oxygen atoms in total. The first-order chi connectivity index (χ1) is 9.84. The zero-order valence-electron chi connectivity index (χ0n) is 11.7. The van der Waals surface area contributed by atoms with Crippen molar-refractivity contribution < 1.29 is 10.4 Å². The highest BCUT2D eigenvalue weighted by molar-refractivity contribution is 5.30. The van der Waals surface area contributed by atoms with Gasteiger partial charge in [0.25, 0.3) is 0 Å². The fourth-order valence-corrected chi connectivity index (χ4v) is 3.14. The van der Waals surface area contributed by atoms with Crippen LogP contribution in [0.5, 0.6) is 0 Å². The molecule has 0 aromatic heterocycles. The Morgan fingerprint density at radius 3 is 2.65 bits per heavy atom. The van der Waals surface area contributed by atoms with E-state index in [0.717, 1.165) is 12.1 Å². The van der Waals surface area contributed by atoms with E-state index in [0.29, 0.717) is 6.04 Å². The van der Waals surface area contributed by atoms with Crippen LogP contribution in [0.25, 0.3) is 0 Å². The van der Waals surface area contributed by atoms with Crippen LogP contribution < -0.4 is 5.32 Å². The highest BCUT2D eigenvalue weighted by Gasteiger charge is 2.23. The first-order valence-electron chi connectivity index (χ1n) is 7.49. The molecule has 0 radical (unpaired) electrons. The summed E-state index contributed by atoms with van der Waals surface area (Å²) in [6.07, 6.45) is 3.27. The summed E-state index contributed by atoms with van der Waals surface area (Å²) in [5.41, 5.74) is 3.95. The van der Waals surface area contributed by atoms with Crippen molar-refractivity contribution in [3.8, 4) is 0 Å². The number of quaternary nitrogens is 1. The van der Waals surface area contributed by atoms with Gasteiger partial charge in [0.05, 0.1) is 0 Å². The van der Waals surface area contributed by atoms with Gasteiger partial charge in [-0.3, -0.25) is 0 Å². The van der Waals surface area contributed by atoms with Crippen LogP contribution in [0, 0.1) is 0 Å². The summed E-state index contributed by atoms with van der Waals surface area (Å²) in [7, 11) is 0. The predicted molar refractivity (Wildman–Crippen MR) is 80.3 cm³/mol. The fourth-order valence-electron chi connectivity index (χ4n) is 3.14. The second kappa shape index (κ2) is 6.21. The number of fused-ring (bicyclic) bond motifs is 1. The number of aliphatic hydroxyl groups is 1. The molecule has 0 spiro atoms. The van der Waals surface area contributed by atoms with Gasteiger partial charge in [0.2, 0.25) is 0 Å². The highest BCUT2D eigenvalue weighted by Crippen LogP contribution is 2.26. The minimum atomic E-state index is -0.384. The van der Waals surface area contributed by atoms with Crippen molar-refractivity contribution >= 4 is 0 Å². The Labute approximate surface area is 120 Å². The molecule has 0 amide bonds. The second-order valence-electron chi connectivity index (χ2n) is 5.60. The third kappa shape index (κ3) is 2.92. The van der Waals surface area contributed by atoms with Gasteiger partial charge in [0.1, 0.15) is 18.7 Å². The van der Waals surface area contributed by atoms with E-state index < -0.39 is 0 Å². The van der Waals surface area contributed by atoms with E-state index >= 15 is 0 Å². The van der Waals surface area contributed by atoms with Crippen LogP contribution in [0.1, 0.15) is 41.7 Å². The standard InChI is InChI=1S/C18H21NO/c20-18(15-8-2-1-3-9-15)13-19-17-12-6-10-14-7-4-5-11-16(14)17/h1-5,7-9,11,17-20H,6,10,12-13H2/p+1/t17-,18-/m0/s1. The molecule has 1 aliphatic rings. The molecule has 1 aliphatic carbocycles. The van der Waals surface area contributed by atoms with Gasteiger partial charge in [-0.1, -0.05) is 54.6 Å². The van der Waals surface area contributed by atoms with Crippen LogP contribution in [0.3, 0.4) is 0 Å². The molecule has 2 aromatic carbocycles. The maximum Gasteiger partial charge on any atom is 0.128 e. The smallest absolute Gasteiger partial charge is 0.128 e. The third-order valence-electron chi connectivity index (χ3n) is 4.24. The number of aliphatic hydroxyl groups excluding tert-OH is 1. The molecule has 0 heterocycles. The Morgan fingerprint density at radius 1 is 1.05 bits per heavy atom. The lowest BCUT2D eigenvalue weighted by Gasteiger charge is -2.24. The van der Waals surface area contributed by atoms with E-state index in [1.807, 2.05) is 30.3 Å². The average Bonchev–Trinajstić information content (AvgIpc) is 2.53. The largest absolute Gasteiger partial charge is 0.382 e. The van der Waals surface area contributed by atoms with Crippen molar-refractivity contribution in [1.82, 2.24) is 0 Å². The summed E-state index contributed by atoms with van der Waals surface area (Å²) >= 11 is 0. The lowest BCUT2D eigenvalue weighted by Crippen LogP contribution is -2.86. The SMILES string of the molecule is O[C@@H](C[NH2+][C@H]1CCCc2ccccc21)c1ccccc1. The quantitative estimate of drug-likeness (QED) is 0.877. The van der Waals surface area contributed by atoms with Crippen LogP contribution in [0.4, 0.5) is 0 Å². The van der Waals surface area contributed by atoms with Crippen molar-refractivity contribution in [3.05, 3.63) is 71.3 Å². The Bertz CT molecular complexity index is 552. The highest BCUT2D eigenvalue weighted by atomic mass is 16.3. The van der Waals surface area contributed by atoms with Crippen molar-refractivity contribution in [1.29, 1.82) is 0 Å². The maximum atomic E-state index is 10.3. The lowest BCUT2D eigenvalue weighted by atomic mass is 9.87. The fraction of sp³-hybridized carbons (Fsp3) is 0.333. The van der Waals surface area contributed by atoms with E-state index in [1.54, 1.807) is 0 Å². The molecule has 0 aliphatic heterocycles. The van der Waals surface area contributed by atoms with Gasteiger partial charge >= 0.3 is 0 Å². The molecule has 0 saturated heterocycles. The molecule has 2 atom stereocenters. The van der Waals surface area contributed by atoms with Crippen molar-refractivity contribution in [2.24, 2.45) is 0 Å². The van der Waals surface area contributed by atoms with Gasteiger partial charge in [0.15, 0.2) is 0 Å². The topological polar surface area (TPSA) is 36.8 Å². The van der Waals surface area contributed by atoms with Crippen molar-refractivity contribution in [2.75, 3.05) is 6.54 Å². The van der Waals surface area contributed by atoms with Crippen molar-refractivity contribution in [2.45, 2.75) is 31.4 Å². The second-order valence-corrected chi connectivity index (χ2v) is 5.60. The Kier molecular flexibility index (Phi) is 4.14. The lowest BCUT2D eigenvalue weighted by molar-refractivity contribution is -0.703. The normalized spacial score (nSPS) is 19.4. The molecule has 0 unspecified atom stereocenters. The Hall–Kier alpha value is -1.64. The Morgan fingerprint density at radius 2 is 1.80 bits per heavy atom. The molecule has 2 heteroatoms. The van der Waals surface area contributed by atoms with Gasteiger partial charge in [0, 0.05) is 12.0 Å². The number of hydrogen-bond donors (Lipinski definition) is 2. The van der Waals surface area contributed by atoms with Gasteiger partial charge in [-0.05, 0) is 24.0 Å². The Balaban J connectivity index is 1.65. The molecule has 3 rings (SSSR count). The van der Waals surface area contributed by atoms with E-state index in [-0.39, 0.29) is 6.10 Å². The maximum absolute atomic E-state index is 10.3. The molecular formula is C18H22NO+. The van der Waals surface area contributed by atoms with Crippen LogP contribution >= 0.6 is 0 Å². The zero-order valence-corrected chi connectivity index (χ0v) is 11.7. The zero-order chi connectivity index (χ0) is 13.8. The van der Waals surface area contributed by atoms with Crippen LogP contribution in [0.15, 0.2) is 54.6 Å². The number of nitrogens with two attached hydrogens (primary N) is 1. The van der Waals surface area contributed by atoms with Gasteiger partial charge in [-0.15, -0.1) is 0 Å². The van der Waals surface area contributed by atoms with E-state index in [1.165, 1.54) is 30.4 Å². The van der Waals surface area contributed by atoms with Gasteiger partial charge < -0.3 is 10.4 Å². The third-order valence-corrected chi connectivity index (χ3v) is 4.24. The number of rotatable bonds is 4. The van der Waals surface area contributed by atoms with Crippen LogP contribution in [-0.4, -0.2) is 11.7 Å². The number of aryl methyl sites for hydroxylation is 1. The van der Waals surface area contributed by atoms with Crippen LogP contribution in [0.2, 0.25) is 0 Å². The minimum Gasteiger partial charge on any atom is -0.382 e. The van der Waals surface area contributed by atoms with E-state index in [2.05, 4.69) is 29.6 Å². The summed E-state index contributed by atoms with van der Waals surface area (Å²) < 4.78 is 0. The molecule has 3 N–H and O–H groups in total. The molecule has 104 valence electrons. The van der Waals surface area contributed by atoms with Crippen LogP contribution in [-0.2, 0) is 6.42 Å².